The molecule has 0 amide bonds. The Bertz CT molecular complexity index is 482. The molecule has 0 saturated carbocycles. The highest BCUT2D eigenvalue weighted by molar-refractivity contribution is 7.95. The summed E-state index contributed by atoms with van der Waals surface area (Å²) in [6, 6.07) is 4.37. The summed E-state index contributed by atoms with van der Waals surface area (Å²) in [5, 5.41) is 0. The predicted molar refractivity (Wildman–Crippen MR) is 57.5 cm³/mol. The minimum Gasteiger partial charge on any atom is -0.494 e. The highest BCUT2D eigenvalue weighted by Crippen LogP contribution is 2.26. The summed E-state index contributed by atoms with van der Waals surface area (Å²) in [6.07, 6.45) is 0.945. The average molecular weight is 229 g/mol. The van der Waals surface area contributed by atoms with Crippen LogP contribution in [-0.2, 0) is 9.73 Å². The van der Waals surface area contributed by atoms with Crippen molar-refractivity contribution in [1.82, 2.24) is 0 Å². The first-order valence-electron chi connectivity index (χ1n) is 4.69. The molecule has 0 aliphatic carbocycles. The van der Waals surface area contributed by atoms with Gasteiger partial charge in [0.1, 0.15) is 0 Å². The van der Waals surface area contributed by atoms with Crippen molar-refractivity contribution in [2.24, 2.45) is 4.36 Å². The van der Waals surface area contributed by atoms with Crippen LogP contribution in [0, 0.1) is 5.82 Å². The number of hydrogen-bond acceptors (Lipinski definition) is 3. The van der Waals surface area contributed by atoms with Crippen LogP contribution < -0.4 is 4.74 Å². The second-order valence-corrected chi connectivity index (χ2v) is 5.99. The maximum atomic E-state index is 13.3. The molecule has 1 saturated heterocycles. The van der Waals surface area contributed by atoms with E-state index in [4.69, 9.17) is 4.74 Å². The SMILES string of the molecule is COc1ccc(N=S2(=O)CCC2)cc1F. The Morgan fingerprint density at radius 1 is 1.47 bits per heavy atom. The van der Waals surface area contributed by atoms with Crippen LogP contribution in [0.4, 0.5) is 10.1 Å². The Morgan fingerprint density at radius 2 is 2.20 bits per heavy atom. The van der Waals surface area contributed by atoms with Gasteiger partial charge in [0.2, 0.25) is 0 Å². The minimum absolute atomic E-state index is 0.178. The molecule has 1 aliphatic heterocycles. The van der Waals surface area contributed by atoms with E-state index in [0.717, 1.165) is 6.42 Å². The number of nitrogens with zero attached hydrogens (tertiary/aromatic N) is 1. The van der Waals surface area contributed by atoms with Crippen LogP contribution in [0.1, 0.15) is 6.42 Å². The Balaban J connectivity index is 2.35. The van der Waals surface area contributed by atoms with Gasteiger partial charge >= 0.3 is 0 Å². The van der Waals surface area contributed by atoms with Gasteiger partial charge in [-0.25, -0.2) is 8.60 Å². The standard InChI is InChI=1S/C10H12FNO2S/c1-14-10-4-3-8(7-9(10)11)12-15(13)5-2-6-15/h3-4,7H,2,5-6H2,1H3. The van der Waals surface area contributed by atoms with E-state index in [1.54, 1.807) is 6.07 Å². The van der Waals surface area contributed by atoms with Gasteiger partial charge in [-0.3, -0.25) is 0 Å². The molecule has 0 radical (unpaired) electrons. The molecule has 0 atom stereocenters. The first-order valence-corrected chi connectivity index (χ1v) is 6.54. The third-order valence-corrected chi connectivity index (χ3v) is 4.73. The molecule has 1 aromatic rings. The first kappa shape index (κ1) is 10.4. The van der Waals surface area contributed by atoms with Crippen LogP contribution in [0.25, 0.3) is 0 Å². The Hall–Kier alpha value is -1.10. The summed E-state index contributed by atoms with van der Waals surface area (Å²) in [4.78, 5) is 0. The second kappa shape index (κ2) is 3.81. The average Bonchev–Trinajstić information content (AvgIpc) is 2.16. The molecule has 1 aromatic carbocycles. The van der Waals surface area contributed by atoms with Crippen molar-refractivity contribution >= 4 is 15.4 Å². The van der Waals surface area contributed by atoms with Crippen LogP contribution in [-0.4, -0.2) is 22.8 Å². The van der Waals surface area contributed by atoms with E-state index < -0.39 is 15.5 Å². The van der Waals surface area contributed by atoms with E-state index in [2.05, 4.69) is 4.36 Å². The Morgan fingerprint density at radius 3 is 2.67 bits per heavy atom. The van der Waals surface area contributed by atoms with Gasteiger partial charge in [0.15, 0.2) is 11.6 Å². The molecule has 1 heterocycles. The molecule has 2 rings (SSSR count). The molecule has 1 fully saturated rings. The van der Waals surface area contributed by atoms with Crippen molar-refractivity contribution in [2.45, 2.75) is 6.42 Å². The quantitative estimate of drug-likeness (QED) is 0.780. The summed E-state index contributed by atoms with van der Waals surface area (Å²) in [5.41, 5.74) is 0.429. The van der Waals surface area contributed by atoms with Crippen molar-refractivity contribution in [3.05, 3.63) is 24.0 Å². The van der Waals surface area contributed by atoms with Crippen LogP contribution in [0.15, 0.2) is 22.6 Å². The van der Waals surface area contributed by atoms with E-state index in [-0.39, 0.29) is 5.75 Å². The monoisotopic (exact) mass is 229 g/mol. The van der Waals surface area contributed by atoms with E-state index in [0.29, 0.717) is 17.2 Å². The van der Waals surface area contributed by atoms with Gasteiger partial charge in [0.25, 0.3) is 0 Å². The molecule has 82 valence electrons. The number of rotatable bonds is 2. The highest BCUT2D eigenvalue weighted by Gasteiger charge is 2.19. The lowest BCUT2D eigenvalue weighted by atomic mass is 10.3. The zero-order chi connectivity index (χ0) is 10.9. The molecule has 15 heavy (non-hydrogen) atoms. The maximum absolute atomic E-state index is 13.3. The zero-order valence-corrected chi connectivity index (χ0v) is 9.22. The fraction of sp³-hybridized carbons (Fsp3) is 0.400. The van der Waals surface area contributed by atoms with Gasteiger partial charge < -0.3 is 4.74 Å². The van der Waals surface area contributed by atoms with E-state index >= 15 is 0 Å². The maximum Gasteiger partial charge on any atom is 0.167 e. The molecular weight excluding hydrogens is 217 g/mol. The lowest BCUT2D eigenvalue weighted by molar-refractivity contribution is 0.386. The summed E-state index contributed by atoms with van der Waals surface area (Å²) in [6.45, 7) is 0. The zero-order valence-electron chi connectivity index (χ0n) is 8.40. The van der Waals surface area contributed by atoms with Crippen LogP contribution >= 0.6 is 0 Å². The molecule has 0 N–H and O–H groups in total. The smallest absolute Gasteiger partial charge is 0.167 e. The number of methoxy groups -OCH3 is 1. The first-order chi connectivity index (χ1) is 7.13. The van der Waals surface area contributed by atoms with Crippen LogP contribution in [0.3, 0.4) is 0 Å². The lowest BCUT2D eigenvalue weighted by Gasteiger charge is -2.17. The van der Waals surface area contributed by atoms with Crippen molar-refractivity contribution in [1.29, 1.82) is 0 Å². The fourth-order valence-electron chi connectivity index (χ4n) is 1.39. The van der Waals surface area contributed by atoms with Gasteiger partial charge in [0.05, 0.1) is 22.5 Å². The molecule has 0 bridgehead atoms. The molecule has 0 unspecified atom stereocenters. The molecule has 0 spiro atoms. The van der Waals surface area contributed by atoms with Crippen LogP contribution in [0.5, 0.6) is 5.75 Å². The summed E-state index contributed by atoms with van der Waals surface area (Å²) < 4.78 is 33.9. The van der Waals surface area contributed by atoms with Crippen molar-refractivity contribution in [3.8, 4) is 5.75 Å². The van der Waals surface area contributed by atoms with Gasteiger partial charge in [-0.05, 0) is 18.6 Å². The van der Waals surface area contributed by atoms with Gasteiger partial charge in [-0.15, -0.1) is 0 Å². The van der Waals surface area contributed by atoms with Gasteiger partial charge in [0, 0.05) is 17.6 Å². The Kier molecular flexibility index (Phi) is 2.65. The van der Waals surface area contributed by atoms with E-state index in [1.165, 1.54) is 19.2 Å². The molecule has 5 heteroatoms. The molecule has 1 aliphatic rings. The van der Waals surface area contributed by atoms with Crippen LogP contribution in [0.2, 0.25) is 0 Å². The molecule has 3 nitrogen and oxygen atoms in total. The van der Waals surface area contributed by atoms with Crippen molar-refractivity contribution < 1.29 is 13.3 Å². The number of ether oxygens (including phenoxy) is 1. The fourth-order valence-corrected chi connectivity index (χ4v) is 2.85. The van der Waals surface area contributed by atoms with E-state index in [1.807, 2.05) is 0 Å². The largest absolute Gasteiger partial charge is 0.494 e. The van der Waals surface area contributed by atoms with Gasteiger partial charge in [-0.1, -0.05) is 0 Å². The minimum atomic E-state index is -2.06. The third-order valence-electron chi connectivity index (χ3n) is 2.33. The van der Waals surface area contributed by atoms with E-state index in [9.17, 15) is 8.60 Å². The number of hydrogen-bond donors (Lipinski definition) is 0. The second-order valence-electron chi connectivity index (χ2n) is 3.44. The van der Waals surface area contributed by atoms with Crippen molar-refractivity contribution in [3.63, 3.8) is 0 Å². The number of halogens is 1. The summed E-state index contributed by atoms with van der Waals surface area (Å²) in [5.74, 6) is 0.958. The predicted octanol–water partition coefficient (Wildman–Crippen LogP) is 2.34. The highest BCUT2D eigenvalue weighted by atomic mass is 32.2. The number of benzene rings is 1. The molecule has 0 aromatic heterocycles. The summed E-state index contributed by atoms with van der Waals surface area (Å²) in [7, 11) is -0.657. The Labute approximate surface area is 88.4 Å². The normalized spacial score (nSPS) is 18.0. The molecular formula is C10H12FNO2S. The lowest BCUT2D eigenvalue weighted by Crippen LogP contribution is -2.22. The van der Waals surface area contributed by atoms with Gasteiger partial charge in [-0.2, -0.15) is 4.36 Å². The summed E-state index contributed by atoms with van der Waals surface area (Å²) >= 11 is 0. The van der Waals surface area contributed by atoms with Crippen molar-refractivity contribution in [2.75, 3.05) is 18.6 Å². The topological polar surface area (TPSA) is 38.7 Å². The third kappa shape index (κ3) is 2.12.